The number of thiocarbonyl (C=S) groups is 1. The number of hydrogen-bond donors (Lipinski definition) is 1. The van der Waals surface area contributed by atoms with Crippen LogP contribution < -0.4 is 15.5 Å². The summed E-state index contributed by atoms with van der Waals surface area (Å²) in [5.74, 6) is 0.702. The van der Waals surface area contributed by atoms with Crippen molar-refractivity contribution in [3.8, 4) is 0 Å². The van der Waals surface area contributed by atoms with Gasteiger partial charge in [-0.3, -0.25) is 0 Å². The molecule has 0 aliphatic carbocycles. The van der Waals surface area contributed by atoms with Gasteiger partial charge in [0.1, 0.15) is 10.7 Å². The number of para-hydroxylation sites is 1. The summed E-state index contributed by atoms with van der Waals surface area (Å²) >= 11 is 4.97. The molecule has 2 heterocycles. The molecule has 21 heavy (non-hydrogen) atoms. The van der Waals surface area contributed by atoms with E-state index in [1.54, 1.807) is 12.3 Å². The molecular formula is C15H17N5S. The molecule has 1 aliphatic rings. The first-order valence-corrected chi connectivity index (χ1v) is 7.32. The predicted molar refractivity (Wildman–Crippen MR) is 88.8 cm³/mol. The number of piperazine rings is 1. The van der Waals surface area contributed by atoms with Gasteiger partial charge in [0, 0.05) is 38.1 Å². The topological polar surface area (TPSA) is 58.3 Å². The first kappa shape index (κ1) is 13.8. The quantitative estimate of drug-likeness (QED) is 0.866. The van der Waals surface area contributed by atoms with Crippen LogP contribution in [0.1, 0.15) is 5.69 Å². The highest BCUT2D eigenvalue weighted by atomic mass is 32.1. The highest BCUT2D eigenvalue weighted by molar-refractivity contribution is 7.80. The molecule has 1 saturated heterocycles. The number of hydrogen-bond acceptors (Lipinski definition) is 5. The van der Waals surface area contributed by atoms with Crippen LogP contribution in [0.5, 0.6) is 0 Å². The molecule has 2 N–H and O–H groups in total. The average molecular weight is 299 g/mol. The number of aromatic nitrogens is 2. The summed E-state index contributed by atoms with van der Waals surface area (Å²) < 4.78 is 0. The van der Waals surface area contributed by atoms with Gasteiger partial charge in [0.15, 0.2) is 0 Å². The summed E-state index contributed by atoms with van der Waals surface area (Å²) in [6.07, 6.45) is 1.71. The van der Waals surface area contributed by atoms with Crippen LogP contribution in [0.15, 0.2) is 42.6 Å². The van der Waals surface area contributed by atoms with Crippen molar-refractivity contribution >= 4 is 28.8 Å². The van der Waals surface area contributed by atoms with Crippen LogP contribution in [0.3, 0.4) is 0 Å². The van der Waals surface area contributed by atoms with Gasteiger partial charge in [-0.15, -0.1) is 0 Å². The van der Waals surface area contributed by atoms with Crippen molar-refractivity contribution in [3.63, 3.8) is 0 Å². The highest BCUT2D eigenvalue weighted by Gasteiger charge is 2.19. The molecule has 1 aliphatic heterocycles. The van der Waals surface area contributed by atoms with E-state index in [0.29, 0.717) is 16.6 Å². The van der Waals surface area contributed by atoms with Crippen molar-refractivity contribution in [2.75, 3.05) is 36.0 Å². The highest BCUT2D eigenvalue weighted by Crippen LogP contribution is 2.17. The molecule has 6 heteroatoms. The number of rotatable bonds is 3. The van der Waals surface area contributed by atoms with E-state index in [4.69, 9.17) is 18.0 Å². The van der Waals surface area contributed by atoms with E-state index in [1.165, 1.54) is 5.69 Å². The lowest BCUT2D eigenvalue weighted by Crippen LogP contribution is -2.47. The Labute approximate surface area is 129 Å². The molecule has 5 nitrogen and oxygen atoms in total. The molecule has 0 bridgehead atoms. The van der Waals surface area contributed by atoms with Crippen molar-refractivity contribution in [1.82, 2.24) is 9.97 Å². The van der Waals surface area contributed by atoms with Crippen LogP contribution in [0.4, 0.5) is 11.6 Å². The largest absolute Gasteiger partial charge is 0.388 e. The first-order valence-electron chi connectivity index (χ1n) is 6.92. The second-order valence-electron chi connectivity index (χ2n) is 4.92. The summed E-state index contributed by atoms with van der Waals surface area (Å²) in [6, 6.07) is 12.2. The van der Waals surface area contributed by atoms with Gasteiger partial charge >= 0.3 is 0 Å². The van der Waals surface area contributed by atoms with Crippen LogP contribution in [-0.4, -0.2) is 41.1 Å². The average Bonchev–Trinajstić information content (AvgIpc) is 2.56. The van der Waals surface area contributed by atoms with E-state index in [1.807, 2.05) is 6.07 Å². The molecule has 0 saturated carbocycles. The Morgan fingerprint density at radius 3 is 2.33 bits per heavy atom. The molecule has 1 fully saturated rings. The lowest BCUT2D eigenvalue weighted by molar-refractivity contribution is 0.640. The zero-order valence-corrected chi connectivity index (χ0v) is 12.5. The van der Waals surface area contributed by atoms with Gasteiger partial charge in [-0.05, 0) is 18.2 Å². The minimum atomic E-state index is 0.307. The lowest BCUT2D eigenvalue weighted by Gasteiger charge is -2.36. The van der Waals surface area contributed by atoms with Crippen LogP contribution in [0.25, 0.3) is 0 Å². The van der Waals surface area contributed by atoms with Crippen molar-refractivity contribution in [1.29, 1.82) is 0 Å². The zero-order valence-electron chi connectivity index (χ0n) is 11.6. The molecule has 0 spiro atoms. The van der Waals surface area contributed by atoms with Crippen LogP contribution in [-0.2, 0) is 0 Å². The Hall–Kier alpha value is -2.21. The molecule has 1 aromatic heterocycles. The van der Waals surface area contributed by atoms with Gasteiger partial charge in [-0.2, -0.15) is 0 Å². The van der Waals surface area contributed by atoms with Gasteiger partial charge in [0.25, 0.3) is 0 Å². The minimum absolute atomic E-state index is 0.307. The summed E-state index contributed by atoms with van der Waals surface area (Å²) in [4.78, 5) is 13.6. The predicted octanol–water partition coefficient (Wildman–Crippen LogP) is 1.44. The fourth-order valence-electron chi connectivity index (χ4n) is 2.44. The first-order chi connectivity index (χ1) is 10.2. The van der Waals surface area contributed by atoms with Crippen molar-refractivity contribution in [3.05, 3.63) is 48.3 Å². The Bertz CT molecular complexity index is 623. The van der Waals surface area contributed by atoms with Crippen molar-refractivity contribution < 1.29 is 0 Å². The van der Waals surface area contributed by atoms with Gasteiger partial charge in [0.2, 0.25) is 5.95 Å². The van der Waals surface area contributed by atoms with Gasteiger partial charge in [-0.25, -0.2) is 9.97 Å². The molecule has 108 valence electrons. The van der Waals surface area contributed by atoms with Crippen LogP contribution in [0, 0.1) is 0 Å². The van der Waals surface area contributed by atoms with Gasteiger partial charge < -0.3 is 15.5 Å². The van der Waals surface area contributed by atoms with E-state index in [9.17, 15) is 0 Å². The maximum absolute atomic E-state index is 5.62. The van der Waals surface area contributed by atoms with Gasteiger partial charge in [-0.1, -0.05) is 30.4 Å². The molecule has 0 radical (unpaired) electrons. The summed E-state index contributed by atoms with van der Waals surface area (Å²) in [5.41, 5.74) is 7.51. The smallest absolute Gasteiger partial charge is 0.226 e. The Morgan fingerprint density at radius 2 is 1.67 bits per heavy atom. The third-order valence-electron chi connectivity index (χ3n) is 3.58. The molecule has 0 amide bonds. The maximum atomic E-state index is 5.62. The van der Waals surface area contributed by atoms with Gasteiger partial charge in [0.05, 0.1) is 0 Å². The molecule has 2 aromatic rings. The van der Waals surface area contributed by atoms with E-state index >= 15 is 0 Å². The number of anilines is 2. The molecular weight excluding hydrogens is 282 g/mol. The second-order valence-corrected chi connectivity index (χ2v) is 5.36. The SMILES string of the molecule is NC(=S)c1ccnc(N2CCN(c3ccccc3)CC2)n1. The third-order valence-corrected chi connectivity index (χ3v) is 3.79. The normalized spacial score (nSPS) is 15.0. The van der Waals surface area contributed by atoms with Crippen molar-refractivity contribution in [2.45, 2.75) is 0 Å². The van der Waals surface area contributed by atoms with E-state index < -0.39 is 0 Å². The molecule has 1 aromatic carbocycles. The monoisotopic (exact) mass is 299 g/mol. The number of nitrogens with zero attached hydrogens (tertiary/aromatic N) is 4. The number of nitrogens with two attached hydrogens (primary N) is 1. The zero-order chi connectivity index (χ0) is 14.7. The molecule has 0 unspecified atom stereocenters. The second kappa shape index (κ2) is 6.05. The maximum Gasteiger partial charge on any atom is 0.226 e. The van der Waals surface area contributed by atoms with Crippen LogP contribution in [0.2, 0.25) is 0 Å². The van der Waals surface area contributed by atoms with E-state index in [2.05, 4.69) is 44.0 Å². The summed E-state index contributed by atoms with van der Waals surface area (Å²) in [7, 11) is 0. The van der Waals surface area contributed by atoms with Crippen molar-refractivity contribution in [2.24, 2.45) is 5.73 Å². The van der Waals surface area contributed by atoms with E-state index in [0.717, 1.165) is 26.2 Å². The minimum Gasteiger partial charge on any atom is -0.388 e. The Kier molecular flexibility index (Phi) is 3.96. The van der Waals surface area contributed by atoms with Crippen LogP contribution >= 0.6 is 12.2 Å². The fraction of sp³-hybridized carbons (Fsp3) is 0.267. The Morgan fingerprint density at radius 1 is 1.00 bits per heavy atom. The molecule has 3 rings (SSSR count). The van der Waals surface area contributed by atoms with E-state index in [-0.39, 0.29) is 0 Å². The Balaban J connectivity index is 1.68. The third kappa shape index (κ3) is 3.11. The standard InChI is InChI=1S/C15H17N5S/c16-14(21)13-6-7-17-15(18-13)20-10-8-19(9-11-20)12-4-2-1-3-5-12/h1-7H,8-11H2,(H2,16,21). The fourth-order valence-corrected chi connectivity index (χ4v) is 2.56. The molecule has 0 atom stereocenters. The summed E-state index contributed by atoms with van der Waals surface area (Å²) in [6.45, 7) is 3.67. The summed E-state index contributed by atoms with van der Waals surface area (Å²) in [5, 5.41) is 0. The number of benzene rings is 1. The lowest BCUT2D eigenvalue weighted by atomic mass is 10.2.